The normalized spacial score (nSPS) is 17.2. The Labute approximate surface area is 166 Å². The molecule has 2 N–H and O–H groups in total. The van der Waals surface area contributed by atoms with Crippen LogP contribution in [0.25, 0.3) is 0 Å². The third-order valence-electron chi connectivity index (χ3n) is 3.80. The number of ether oxygens (including phenoxy) is 2. The van der Waals surface area contributed by atoms with E-state index in [2.05, 4.69) is 15.6 Å². The summed E-state index contributed by atoms with van der Waals surface area (Å²) in [6.07, 6.45) is 3.40. The van der Waals surface area contributed by atoms with Crippen LogP contribution in [-0.4, -0.2) is 45.0 Å². The van der Waals surface area contributed by atoms with Gasteiger partial charge in [0.25, 0.3) is 0 Å². The molecule has 1 aromatic carbocycles. The quantitative estimate of drug-likeness (QED) is 0.255. The summed E-state index contributed by atoms with van der Waals surface area (Å²) in [5.74, 6) is 0.472. The van der Waals surface area contributed by atoms with Crippen LogP contribution in [0.5, 0.6) is 0 Å². The fourth-order valence-electron chi connectivity index (χ4n) is 2.50. The van der Waals surface area contributed by atoms with Gasteiger partial charge in [-0.1, -0.05) is 18.2 Å². The number of halogens is 2. The second kappa shape index (κ2) is 13.3. The Morgan fingerprint density at radius 3 is 2.92 bits per heavy atom. The van der Waals surface area contributed by atoms with Gasteiger partial charge in [-0.05, 0) is 32.3 Å². The lowest BCUT2D eigenvalue weighted by molar-refractivity contribution is 0.0168. The summed E-state index contributed by atoms with van der Waals surface area (Å²) in [4.78, 5) is 4.42. The van der Waals surface area contributed by atoms with Crippen molar-refractivity contribution in [2.24, 2.45) is 4.99 Å². The zero-order chi connectivity index (χ0) is 17.0. The fraction of sp³-hybridized carbons (Fsp3) is 0.611. The first kappa shape index (κ1) is 22.1. The first-order valence-corrected chi connectivity index (χ1v) is 8.74. The van der Waals surface area contributed by atoms with Crippen LogP contribution in [0.15, 0.2) is 29.3 Å². The van der Waals surface area contributed by atoms with E-state index in [-0.39, 0.29) is 35.9 Å². The van der Waals surface area contributed by atoms with Gasteiger partial charge in [-0.3, -0.25) is 0 Å². The average molecular weight is 465 g/mol. The van der Waals surface area contributed by atoms with Crippen LogP contribution in [0.2, 0.25) is 0 Å². The smallest absolute Gasteiger partial charge is 0.191 e. The Hall–Kier alpha value is -0.930. The number of nitrogens with zero attached hydrogens (tertiary/aromatic N) is 1. The van der Waals surface area contributed by atoms with Crippen LogP contribution in [0.3, 0.4) is 0 Å². The molecule has 1 heterocycles. The lowest BCUT2D eigenvalue weighted by Gasteiger charge is -2.12. The summed E-state index contributed by atoms with van der Waals surface area (Å²) in [6.45, 7) is 6.08. The summed E-state index contributed by atoms with van der Waals surface area (Å²) in [5.41, 5.74) is 0.592. The molecule has 0 aromatic heterocycles. The molecule has 2 rings (SSSR count). The van der Waals surface area contributed by atoms with E-state index < -0.39 is 0 Å². The lowest BCUT2D eigenvalue weighted by Crippen LogP contribution is -2.38. The molecule has 0 bridgehead atoms. The summed E-state index contributed by atoms with van der Waals surface area (Å²) >= 11 is 0. The molecule has 1 aliphatic rings. The summed E-state index contributed by atoms with van der Waals surface area (Å²) in [5, 5.41) is 6.41. The van der Waals surface area contributed by atoms with Gasteiger partial charge >= 0.3 is 0 Å². The van der Waals surface area contributed by atoms with E-state index in [9.17, 15) is 4.39 Å². The molecule has 0 amide bonds. The zero-order valence-electron chi connectivity index (χ0n) is 14.8. The number of benzene rings is 1. The number of hydrogen-bond donors (Lipinski definition) is 2. The summed E-state index contributed by atoms with van der Waals surface area (Å²) in [7, 11) is 0. The topological polar surface area (TPSA) is 54.9 Å². The first-order valence-electron chi connectivity index (χ1n) is 8.74. The number of guanidine groups is 1. The highest BCUT2D eigenvalue weighted by Gasteiger charge is 2.14. The van der Waals surface area contributed by atoms with Crippen LogP contribution in [0.4, 0.5) is 4.39 Å². The highest BCUT2D eigenvalue weighted by atomic mass is 127. The van der Waals surface area contributed by atoms with Crippen LogP contribution in [0.1, 0.15) is 31.7 Å². The SMILES string of the molecule is CCNC(=NCc1ccccc1F)NCCCOCC1CCCO1.I. The van der Waals surface area contributed by atoms with E-state index in [0.29, 0.717) is 31.3 Å². The van der Waals surface area contributed by atoms with Gasteiger partial charge in [-0.2, -0.15) is 0 Å². The third-order valence-corrected chi connectivity index (χ3v) is 3.80. The van der Waals surface area contributed by atoms with Gasteiger partial charge in [-0.15, -0.1) is 24.0 Å². The molecular formula is C18H29FIN3O2. The van der Waals surface area contributed by atoms with Crippen molar-refractivity contribution >= 4 is 29.9 Å². The van der Waals surface area contributed by atoms with Crippen molar-refractivity contribution in [3.05, 3.63) is 35.6 Å². The Morgan fingerprint density at radius 2 is 2.20 bits per heavy atom. The van der Waals surface area contributed by atoms with Crippen LogP contribution >= 0.6 is 24.0 Å². The molecule has 0 aliphatic carbocycles. The van der Waals surface area contributed by atoms with Crippen molar-refractivity contribution in [1.29, 1.82) is 0 Å². The molecular weight excluding hydrogens is 436 g/mol. The number of aliphatic imine (C=N–C) groups is 1. The average Bonchev–Trinajstić information content (AvgIpc) is 3.10. The molecule has 1 saturated heterocycles. The largest absolute Gasteiger partial charge is 0.379 e. The highest BCUT2D eigenvalue weighted by molar-refractivity contribution is 14.0. The molecule has 1 fully saturated rings. The van der Waals surface area contributed by atoms with Crippen molar-refractivity contribution in [3.63, 3.8) is 0 Å². The Kier molecular flexibility index (Phi) is 11.8. The molecule has 7 heteroatoms. The first-order chi connectivity index (χ1) is 11.8. The van der Waals surface area contributed by atoms with Crippen LogP contribution < -0.4 is 10.6 Å². The number of hydrogen-bond acceptors (Lipinski definition) is 3. The van der Waals surface area contributed by atoms with Crippen molar-refractivity contribution < 1.29 is 13.9 Å². The third kappa shape index (κ3) is 8.82. The van der Waals surface area contributed by atoms with Gasteiger partial charge in [0.2, 0.25) is 0 Å². The Bertz CT molecular complexity index is 511. The minimum absolute atomic E-state index is 0. The maximum absolute atomic E-state index is 13.6. The predicted octanol–water partition coefficient (Wildman–Crippen LogP) is 3.08. The van der Waals surface area contributed by atoms with Gasteiger partial charge < -0.3 is 20.1 Å². The monoisotopic (exact) mass is 465 g/mol. The molecule has 25 heavy (non-hydrogen) atoms. The summed E-state index contributed by atoms with van der Waals surface area (Å²) < 4.78 is 24.8. The van der Waals surface area contributed by atoms with Crippen molar-refractivity contribution in [3.8, 4) is 0 Å². The van der Waals surface area contributed by atoms with Crippen LogP contribution in [0, 0.1) is 5.82 Å². The van der Waals surface area contributed by atoms with Gasteiger partial charge in [-0.25, -0.2) is 9.38 Å². The van der Waals surface area contributed by atoms with Gasteiger partial charge in [0.05, 0.1) is 19.3 Å². The van der Waals surface area contributed by atoms with E-state index in [4.69, 9.17) is 9.47 Å². The Morgan fingerprint density at radius 1 is 1.36 bits per heavy atom. The molecule has 0 radical (unpaired) electrons. The van der Waals surface area contributed by atoms with Crippen molar-refractivity contribution in [2.45, 2.75) is 38.8 Å². The van der Waals surface area contributed by atoms with Crippen molar-refractivity contribution in [2.75, 3.05) is 32.9 Å². The molecule has 1 aromatic rings. The molecule has 0 spiro atoms. The molecule has 1 atom stereocenters. The maximum Gasteiger partial charge on any atom is 0.191 e. The van der Waals surface area contributed by atoms with Crippen LogP contribution in [-0.2, 0) is 16.0 Å². The number of rotatable bonds is 9. The minimum Gasteiger partial charge on any atom is -0.379 e. The van der Waals surface area contributed by atoms with E-state index in [1.165, 1.54) is 6.07 Å². The molecule has 1 unspecified atom stereocenters. The molecule has 0 saturated carbocycles. The lowest BCUT2D eigenvalue weighted by atomic mass is 10.2. The van der Waals surface area contributed by atoms with Gasteiger partial charge in [0.15, 0.2) is 5.96 Å². The predicted molar refractivity (Wildman–Crippen MR) is 109 cm³/mol. The van der Waals surface area contributed by atoms with E-state index in [1.807, 2.05) is 13.0 Å². The van der Waals surface area contributed by atoms with E-state index in [1.54, 1.807) is 12.1 Å². The van der Waals surface area contributed by atoms with Crippen molar-refractivity contribution in [1.82, 2.24) is 10.6 Å². The molecule has 5 nitrogen and oxygen atoms in total. The van der Waals surface area contributed by atoms with E-state index in [0.717, 1.165) is 39.0 Å². The fourth-order valence-corrected chi connectivity index (χ4v) is 2.50. The maximum atomic E-state index is 13.6. The highest BCUT2D eigenvalue weighted by Crippen LogP contribution is 2.11. The Balaban J connectivity index is 0.00000312. The second-order valence-electron chi connectivity index (χ2n) is 5.78. The zero-order valence-corrected chi connectivity index (χ0v) is 17.1. The molecule has 1 aliphatic heterocycles. The standard InChI is InChI=1S/C18H28FN3O2.HI/c1-2-20-18(22-13-15-7-3-4-9-17(15)19)21-10-6-11-23-14-16-8-5-12-24-16;/h3-4,7,9,16H,2,5-6,8,10-14H2,1H3,(H2,20,21,22);1H. The number of nitrogens with one attached hydrogen (secondary N) is 2. The second-order valence-corrected chi connectivity index (χ2v) is 5.78. The minimum atomic E-state index is -0.223. The summed E-state index contributed by atoms with van der Waals surface area (Å²) in [6, 6.07) is 6.71. The molecule has 142 valence electrons. The van der Waals surface area contributed by atoms with Gasteiger partial charge in [0.1, 0.15) is 5.82 Å². The van der Waals surface area contributed by atoms with Gasteiger partial charge in [0, 0.05) is 31.9 Å². The van der Waals surface area contributed by atoms with E-state index >= 15 is 0 Å².